The summed E-state index contributed by atoms with van der Waals surface area (Å²) < 4.78 is 44.3. The Labute approximate surface area is 127 Å². The Morgan fingerprint density at radius 3 is 2.55 bits per heavy atom. The molecule has 0 aliphatic heterocycles. The van der Waals surface area contributed by atoms with Crippen LogP contribution in [0.25, 0.3) is 22.9 Å². The molecule has 0 saturated heterocycles. The van der Waals surface area contributed by atoms with E-state index in [0.29, 0.717) is 10.6 Å². The van der Waals surface area contributed by atoms with Crippen molar-refractivity contribution >= 4 is 11.6 Å². The van der Waals surface area contributed by atoms with Gasteiger partial charge in [0.15, 0.2) is 0 Å². The van der Waals surface area contributed by atoms with Gasteiger partial charge in [-0.15, -0.1) is 10.2 Å². The van der Waals surface area contributed by atoms with Gasteiger partial charge in [0.05, 0.1) is 11.1 Å². The Kier molecular flexibility index (Phi) is 3.58. The second kappa shape index (κ2) is 5.42. The van der Waals surface area contributed by atoms with E-state index in [0.717, 1.165) is 18.5 Å². The number of rotatable bonds is 2. The highest BCUT2D eigenvalue weighted by Crippen LogP contribution is 2.36. The van der Waals surface area contributed by atoms with E-state index in [4.69, 9.17) is 16.0 Å². The second-order valence-corrected chi connectivity index (χ2v) is 4.78. The minimum atomic E-state index is -4.54. The quantitative estimate of drug-likeness (QED) is 0.697. The molecule has 3 aromatic rings. The zero-order valence-electron chi connectivity index (χ0n) is 10.8. The molecule has 0 aliphatic rings. The summed E-state index contributed by atoms with van der Waals surface area (Å²) in [5, 5.41) is 7.88. The predicted molar refractivity (Wildman–Crippen MR) is 73.0 cm³/mol. The maximum Gasteiger partial charge on any atom is 0.417 e. The number of benzene rings is 1. The highest BCUT2D eigenvalue weighted by atomic mass is 35.5. The van der Waals surface area contributed by atoms with Crippen LogP contribution in [0.3, 0.4) is 0 Å². The molecule has 0 fully saturated rings. The number of hydrogen-bond donors (Lipinski definition) is 0. The molecule has 0 saturated carbocycles. The van der Waals surface area contributed by atoms with Crippen LogP contribution in [0.5, 0.6) is 0 Å². The van der Waals surface area contributed by atoms with E-state index < -0.39 is 11.7 Å². The van der Waals surface area contributed by atoms with Crippen molar-refractivity contribution in [2.75, 3.05) is 0 Å². The molecule has 0 aliphatic carbocycles. The molecule has 0 radical (unpaired) electrons. The molecule has 8 heteroatoms. The molecular formula is C14H7ClF3N3O. The highest BCUT2D eigenvalue weighted by molar-refractivity contribution is 6.30. The van der Waals surface area contributed by atoms with Crippen LogP contribution >= 0.6 is 11.6 Å². The Hall–Kier alpha value is -2.41. The number of alkyl halides is 3. The number of pyridine rings is 1. The minimum Gasteiger partial charge on any atom is -0.416 e. The van der Waals surface area contributed by atoms with Gasteiger partial charge in [-0.1, -0.05) is 17.7 Å². The molecule has 2 aromatic heterocycles. The summed E-state index contributed by atoms with van der Waals surface area (Å²) in [6.45, 7) is 0. The molecule has 112 valence electrons. The minimum absolute atomic E-state index is 0.0782. The van der Waals surface area contributed by atoms with Crippen LogP contribution in [0.1, 0.15) is 5.56 Å². The third-order valence-corrected chi connectivity index (χ3v) is 3.09. The first-order chi connectivity index (χ1) is 10.4. The van der Waals surface area contributed by atoms with Crippen molar-refractivity contribution in [1.82, 2.24) is 15.2 Å². The molecule has 1 aromatic carbocycles. The largest absolute Gasteiger partial charge is 0.417 e. The summed E-state index contributed by atoms with van der Waals surface area (Å²) in [5.74, 6) is -0.176. The van der Waals surface area contributed by atoms with E-state index in [2.05, 4.69) is 15.2 Å². The van der Waals surface area contributed by atoms with E-state index >= 15 is 0 Å². The Bertz CT molecular complexity index is 817. The molecular weight excluding hydrogens is 319 g/mol. The van der Waals surface area contributed by atoms with E-state index in [1.165, 1.54) is 0 Å². The Balaban J connectivity index is 2.06. The standard InChI is InChI=1S/C14H7ClF3N3O/c15-9-3-1-2-8(6-9)12-20-21-13(22-12)10-7-19-5-4-11(10)14(16,17)18/h1-7H. The van der Waals surface area contributed by atoms with Gasteiger partial charge < -0.3 is 4.42 Å². The summed E-state index contributed by atoms with van der Waals surface area (Å²) in [6.07, 6.45) is -2.44. The van der Waals surface area contributed by atoms with Crippen molar-refractivity contribution in [3.8, 4) is 22.9 Å². The van der Waals surface area contributed by atoms with Crippen molar-refractivity contribution in [2.45, 2.75) is 6.18 Å². The fraction of sp³-hybridized carbons (Fsp3) is 0.0714. The van der Waals surface area contributed by atoms with Crippen LogP contribution in [0, 0.1) is 0 Å². The molecule has 0 N–H and O–H groups in total. The van der Waals surface area contributed by atoms with Gasteiger partial charge in [0.25, 0.3) is 0 Å². The highest BCUT2D eigenvalue weighted by Gasteiger charge is 2.35. The summed E-state index contributed by atoms with van der Waals surface area (Å²) in [5.41, 5.74) is -0.636. The normalized spacial score (nSPS) is 11.6. The van der Waals surface area contributed by atoms with Crippen molar-refractivity contribution < 1.29 is 17.6 Å². The van der Waals surface area contributed by atoms with Gasteiger partial charge in [-0.3, -0.25) is 4.98 Å². The van der Waals surface area contributed by atoms with Gasteiger partial charge in [-0.2, -0.15) is 13.2 Å². The van der Waals surface area contributed by atoms with Gasteiger partial charge in [0.2, 0.25) is 11.8 Å². The molecule has 22 heavy (non-hydrogen) atoms. The fourth-order valence-electron chi connectivity index (χ4n) is 1.88. The molecule has 0 atom stereocenters. The van der Waals surface area contributed by atoms with Gasteiger partial charge in [-0.05, 0) is 24.3 Å². The average molecular weight is 326 g/mol. The lowest BCUT2D eigenvalue weighted by Crippen LogP contribution is -2.07. The van der Waals surface area contributed by atoms with Crippen molar-refractivity contribution in [3.05, 3.63) is 53.3 Å². The van der Waals surface area contributed by atoms with E-state index in [9.17, 15) is 13.2 Å². The van der Waals surface area contributed by atoms with Crippen molar-refractivity contribution in [2.24, 2.45) is 0 Å². The van der Waals surface area contributed by atoms with Crippen LogP contribution in [0.4, 0.5) is 13.2 Å². The summed E-state index contributed by atoms with van der Waals surface area (Å²) >= 11 is 5.86. The predicted octanol–water partition coefficient (Wildman–Crippen LogP) is 4.47. The SMILES string of the molecule is FC(F)(F)c1ccncc1-c1nnc(-c2cccc(Cl)c2)o1. The third kappa shape index (κ3) is 2.80. The van der Waals surface area contributed by atoms with E-state index in [1.807, 2.05) is 0 Å². The molecule has 0 amide bonds. The van der Waals surface area contributed by atoms with Crippen LogP contribution < -0.4 is 0 Å². The number of hydrogen-bond acceptors (Lipinski definition) is 4. The van der Waals surface area contributed by atoms with Gasteiger partial charge in [0.1, 0.15) is 0 Å². The molecule has 4 nitrogen and oxygen atoms in total. The zero-order chi connectivity index (χ0) is 15.7. The van der Waals surface area contributed by atoms with Crippen LogP contribution in [-0.2, 0) is 6.18 Å². The topological polar surface area (TPSA) is 51.8 Å². The van der Waals surface area contributed by atoms with Crippen molar-refractivity contribution in [1.29, 1.82) is 0 Å². The maximum absolute atomic E-state index is 13.0. The molecule has 3 rings (SSSR count). The van der Waals surface area contributed by atoms with E-state index in [-0.39, 0.29) is 17.3 Å². The maximum atomic E-state index is 13.0. The Morgan fingerprint density at radius 2 is 1.82 bits per heavy atom. The third-order valence-electron chi connectivity index (χ3n) is 2.85. The first-order valence-electron chi connectivity index (χ1n) is 6.06. The summed E-state index contributed by atoms with van der Waals surface area (Å²) in [7, 11) is 0. The Morgan fingerprint density at radius 1 is 1.05 bits per heavy atom. The molecule has 2 heterocycles. The van der Waals surface area contributed by atoms with Crippen molar-refractivity contribution in [3.63, 3.8) is 0 Å². The lowest BCUT2D eigenvalue weighted by Gasteiger charge is -2.08. The number of aromatic nitrogens is 3. The second-order valence-electron chi connectivity index (χ2n) is 4.34. The molecule has 0 spiro atoms. The lowest BCUT2D eigenvalue weighted by molar-refractivity contribution is -0.137. The van der Waals surface area contributed by atoms with Gasteiger partial charge in [0, 0.05) is 23.0 Å². The van der Waals surface area contributed by atoms with Gasteiger partial charge in [-0.25, -0.2) is 0 Å². The van der Waals surface area contributed by atoms with Crippen LogP contribution in [0.15, 0.2) is 47.1 Å². The van der Waals surface area contributed by atoms with Gasteiger partial charge >= 0.3 is 6.18 Å². The molecule has 0 unspecified atom stereocenters. The number of halogens is 4. The lowest BCUT2D eigenvalue weighted by atomic mass is 10.1. The van der Waals surface area contributed by atoms with E-state index in [1.54, 1.807) is 24.3 Å². The summed E-state index contributed by atoms with van der Waals surface area (Å²) in [6, 6.07) is 7.43. The van der Waals surface area contributed by atoms with Crippen LogP contribution in [-0.4, -0.2) is 15.2 Å². The monoisotopic (exact) mass is 325 g/mol. The average Bonchev–Trinajstić information content (AvgIpc) is 2.96. The fourth-order valence-corrected chi connectivity index (χ4v) is 2.07. The number of nitrogens with zero attached hydrogens (tertiary/aromatic N) is 3. The first kappa shape index (κ1) is 14.5. The van der Waals surface area contributed by atoms with Crippen LogP contribution in [0.2, 0.25) is 5.02 Å². The summed E-state index contributed by atoms with van der Waals surface area (Å²) in [4.78, 5) is 3.68. The first-order valence-corrected chi connectivity index (χ1v) is 6.44. The zero-order valence-corrected chi connectivity index (χ0v) is 11.6. The molecule has 0 bridgehead atoms. The smallest absolute Gasteiger partial charge is 0.416 e.